The zero-order valence-corrected chi connectivity index (χ0v) is 12.6. The SMILES string of the molecule is COCCNc1nc(C)cc(NC2CCCCCC2)n1. The number of hydrogen-bond donors (Lipinski definition) is 2. The highest BCUT2D eigenvalue weighted by atomic mass is 16.5. The van der Waals surface area contributed by atoms with Crippen LogP contribution in [-0.2, 0) is 4.74 Å². The highest BCUT2D eigenvalue weighted by Gasteiger charge is 2.13. The third-order valence-electron chi connectivity index (χ3n) is 3.65. The van der Waals surface area contributed by atoms with Crippen LogP contribution in [0.5, 0.6) is 0 Å². The molecule has 0 bridgehead atoms. The summed E-state index contributed by atoms with van der Waals surface area (Å²) in [5.74, 6) is 1.61. The van der Waals surface area contributed by atoms with Gasteiger partial charge in [-0.1, -0.05) is 25.7 Å². The third kappa shape index (κ3) is 4.96. The topological polar surface area (TPSA) is 59.1 Å². The summed E-state index contributed by atoms with van der Waals surface area (Å²) in [7, 11) is 1.69. The molecule has 0 spiro atoms. The maximum atomic E-state index is 5.03. The zero-order valence-electron chi connectivity index (χ0n) is 12.6. The molecule has 0 radical (unpaired) electrons. The lowest BCUT2D eigenvalue weighted by Gasteiger charge is -2.17. The van der Waals surface area contributed by atoms with Crippen LogP contribution in [-0.4, -0.2) is 36.3 Å². The van der Waals surface area contributed by atoms with Crippen LogP contribution in [0.4, 0.5) is 11.8 Å². The first-order chi connectivity index (χ1) is 9.78. The lowest BCUT2D eigenvalue weighted by Crippen LogP contribution is -2.20. The van der Waals surface area contributed by atoms with E-state index in [0.717, 1.165) is 18.1 Å². The normalized spacial score (nSPS) is 16.7. The second kappa shape index (κ2) is 8.04. The minimum Gasteiger partial charge on any atom is -0.383 e. The van der Waals surface area contributed by atoms with Crippen molar-refractivity contribution in [3.8, 4) is 0 Å². The van der Waals surface area contributed by atoms with E-state index in [2.05, 4.69) is 20.6 Å². The van der Waals surface area contributed by atoms with Gasteiger partial charge >= 0.3 is 0 Å². The fraction of sp³-hybridized carbons (Fsp3) is 0.733. The molecule has 112 valence electrons. The number of ether oxygens (including phenoxy) is 1. The van der Waals surface area contributed by atoms with Crippen LogP contribution in [0, 0.1) is 6.92 Å². The quantitative estimate of drug-likeness (QED) is 0.619. The van der Waals surface area contributed by atoms with Gasteiger partial charge in [0, 0.05) is 31.5 Å². The number of hydrogen-bond acceptors (Lipinski definition) is 5. The Morgan fingerprint density at radius 3 is 2.65 bits per heavy atom. The van der Waals surface area contributed by atoms with Gasteiger partial charge in [-0.05, 0) is 19.8 Å². The van der Waals surface area contributed by atoms with E-state index in [1.807, 2.05) is 13.0 Å². The molecule has 1 aromatic heterocycles. The summed E-state index contributed by atoms with van der Waals surface area (Å²) in [6, 6.07) is 2.57. The largest absolute Gasteiger partial charge is 0.383 e. The monoisotopic (exact) mass is 278 g/mol. The van der Waals surface area contributed by atoms with E-state index in [1.54, 1.807) is 7.11 Å². The van der Waals surface area contributed by atoms with Crippen molar-refractivity contribution in [2.45, 2.75) is 51.5 Å². The molecular formula is C15H26N4O. The second-order valence-electron chi connectivity index (χ2n) is 5.47. The van der Waals surface area contributed by atoms with Crippen molar-refractivity contribution >= 4 is 11.8 Å². The fourth-order valence-electron chi connectivity index (χ4n) is 2.62. The standard InChI is InChI=1S/C15H26N4O/c1-12-11-14(18-13-7-5-3-4-6-8-13)19-15(17-12)16-9-10-20-2/h11,13H,3-10H2,1-2H3,(H2,16,17,18,19). The van der Waals surface area contributed by atoms with Crippen molar-refractivity contribution in [2.75, 3.05) is 30.9 Å². The Kier molecular flexibility index (Phi) is 6.05. The van der Waals surface area contributed by atoms with E-state index >= 15 is 0 Å². The number of methoxy groups -OCH3 is 1. The van der Waals surface area contributed by atoms with Crippen LogP contribution < -0.4 is 10.6 Å². The molecule has 1 heterocycles. The molecule has 0 unspecified atom stereocenters. The molecule has 0 aromatic carbocycles. The Hall–Kier alpha value is -1.36. The minimum atomic E-state index is 0.554. The molecule has 2 N–H and O–H groups in total. The molecule has 1 aliphatic carbocycles. The zero-order chi connectivity index (χ0) is 14.2. The van der Waals surface area contributed by atoms with E-state index in [1.165, 1.54) is 38.5 Å². The molecule has 1 aliphatic rings. The predicted molar refractivity (Wildman–Crippen MR) is 82.2 cm³/mol. The van der Waals surface area contributed by atoms with Crippen LogP contribution in [0.1, 0.15) is 44.2 Å². The summed E-state index contributed by atoms with van der Waals surface area (Å²) < 4.78 is 5.03. The lowest BCUT2D eigenvalue weighted by molar-refractivity contribution is 0.210. The van der Waals surface area contributed by atoms with Crippen LogP contribution in [0.2, 0.25) is 0 Å². The molecule has 0 atom stereocenters. The van der Waals surface area contributed by atoms with E-state index in [0.29, 0.717) is 18.6 Å². The van der Waals surface area contributed by atoms with E-state index < -0.39 is 0 Å². The maximum Gasteiger partial charge on any atom is 0.224 e. The Morgan fingerprint density at radius 2 is 1.95 bits per heavy atom. The number of anilines is 2. The van der Waals surface area contributed by atoms with E-state index in [4.69, 9.17) is 4.74 Å². The van der Waals surface area contributed by atoms with Crippen LogP contribution in [0.25, 0.3) is 0 Å². The highest BCUT2D eigenvalue weighted by Crippen LogP contribution is 2.21. The number of aromatic nitrogens is 2. The number of nitrogens with one attached hydrogen (secondary N) is 2. The number of rotatable bonds is 6. The van der Waals surface area contributed by atoms with Crippen molar-refractivity contribution in [1.29, 1.82) is 0 Å². The molecule has 1 aromatic rings. The molecule has 0 amide bonds. The molecule has 2 rings (SSSR count). The summed E-state index contributed by atoms with van der Waals surface area (Å²) in [6.45, 7) is 3.38. The Morgan fingerprint density at radius 1 is 1.20 bits per heavy atom. The van der Waals surface area contributed by atoms with Gasteiger partial charge in [0.25, 0.3) is 0 Å². The van der Waals surface area contributed by atoms with Crippen molar-refractivity contribution < 1.29 is 4.74 Å². The maximum absolute atomic E-state index is 5.03. The summed E-state index contributed by atoms with van der Waals surface area (Å²) in [5, 5.41) is 6.76. The van der Waals surface area contributed by atoms with E-state index in [-0.39, 0.29) is 0 Å². The Balaban J connectivity index is 1.95. The van der Waals surface area contributed by atoms with Gasteiger partial charge in [-0.3, -0.25) is 0 Å². The average molecular weight is 278 g/mol. The summed E-state index contributed by atoms with van der Waals surface area (Å²) in [4.78, 5) is 8.94. The molecule has 1 fully saturated rings. The molecule has 5 nitrogen and oxygen atoms in total. The number of aryl methyl sites for hydroxylation is 1. The lowest BCUT2D eigenvalue weighted by atomic mass is 10.1. The molecule has 1 saturated carbocycles. The first-order valence-corrected chi connectivity index (χ1v) is 7.63. The van der Waals surface area contributed by atoms with Crippen molar-refractivity contribution in [3.63, 3.8) is 0 Å². The van der Waals surface area contributed by atoms with Crippen LogP contribution >= 0.6 is 0 Å². The van der Waals surface area contributed by atoms with Gasteiger partial charge in [-0.15, -0.1) is 0 Å². The summed E-state index contributed by atoms with van der Waals surface area (Å²) >= 11 is 0. The van der Waals surface area contributed by atoms with Gasteiger partial charge < -0.3 is 15.4 Å². The molecule has 20 heavy (non-hydrogen) atoms. The molecular weight excluding hydrogens is 252 g/mol. The predicted octanol–water partition coefficient (Wildman–Crippen LogP) is 2.98. The van der Waals surface area contributed by atoms with Gasteiger partial charge in [-0.25, -0.2) is 4.98 Å². The van der Waals surface area contributed by atoms with Gasteiger partial charge in [-0.2, -0.15) is 4.98 Å². The minimum absolute atomic E-state index is 0.554. The smallest absolute Gasteiger partial charge is 0.224 e. The molecule has 0 saturated heterocycles. The first kappa shape index (κ1) is 15.0. The van der Waals surface area contributed by atoms with Gasteiger partial charge in [0.15, 0.2) is 0 Å². The fourth-order valence-corrected chi connectivity index (χ4v) is 2.62. The van der Waals surface area contributed by atoms with Gasteiger partial charge in [0.1, 0.15) is 5.82 Å². The van der Waals surface area contributed by atoms with Gasteiger partial charge in [0.2, 0.25) is 5.95 Å². The molecule has 0 aliphatic heterocycles. The number of nitrogens with zero attached hydrogens (tertiary/aromatic N) is 2. The van der Waals surface area contributed by atoms with Crippen LogP contribution in [0.3, 0.4) is 0 Å². The first-order valence-electron chi connectivity index (χ1n) is 7.63. The average Bonchev–Trinajstić information content (AvgIpc) is 2.67. The van der Waals surface area contributed by atoms with Crippen LogP contribution in [0.15, 0.2) is 6.07 Å². The van der Waals surface area contributed by atoms with Crippen molar-refractivity contribution in [2.24, 2.45) is 0 Å². The summed E-state index contributed by atoms with van der Waals surface area (Å²) in [5.41, 5.74) is 0.982. The highest BCUT2D eigenvalue weighted by molar-refractivity contribution is 5.42. The Bertz CT molecular complexity index is 403. The second-order valence-corrected chi connectivity index (χ2v) is 5.47. The van der Waals surface area contributed by atoms with Crippen molar-refractivity contribution in [1.82, 2.24) is 9.97 Å². The third-order valence-corrected chi connectivity index (χ3v) is 3.65. The summed E-state index contributed by atoms with van der Waals surface area (Å²) in [6.07, 6.45) is 7.86. The van der Waals surface area contributed by atoms with Crippen molar-refractivity contribution in [3.05, 3.63) is 11.8 Å². The molecule has 5 heteroatoms. The Labute approximate surface area is 121 Å². The van der Waals surface area contributed by atoms with E-state index in [9.17, 15) is 0 Å². The van der Waals surface area contributed by atoms with Gasteiger partial charge in [0.05, 0.1) is 6.61 Å².